The Labute approximate surface area is 266 Å². The van der Waals surface area contributed by atoms with E-state index in [2.05, 4.69) is 179 Å². The zero-order chi connectivity index (χ0) is 30.2. The molecule has 10 rings (SSSR count). The molecule has 0 N–H and O–H groups in total. The molecule has 214 valence electrons. The third kappa shape index (κ3) is 3.53. The van der Waals surface area contributed by atoms with Crippen LogP contribution in [0.25, 0.3) is 87.7 Å². The largest absolute Gasteiger partial charge is 0.309 e. The zero-order valence-corrected chi connectivity index (χ0v) is 25.1. The summed E-state index contributed by atoms with van der Waals surface area (Å²) in [6.45, 7) is 0. The second-order valence-electron chi connectivity index (χ2n) is 12.1. The van der Waals surface area contributed by atoms with E-state index in [1.54, 1.807) is 0 Å². The van der Waals surface area contributed by atoms with Gasteiger partial charge in [-0.3, -0.25) is 0 Å². The summed E-state index contributed by atoms with van der Waals surface area (Å²) in [5.41, 5.74) is 9.76. The lowest BCUT2D eigenvalue weighted by molar-refractivity contribution is 1.18. The number of hydrogen-bond donors (Lipinski definition) is 0. The third-order valence-electron chi connectivity index (χ3n) is 9.64. The van der Waals surface area contributed by atoms with Crippen LogP contribution < -0.4 is 0 Å². The number of aromatic nitrogens is 2. The van der Waals surface area contributed by atoms with Crippen LogP contribution in [0.5, 0.6) is 0 Å². The van der Waals surface area contributed by atoms with E-state index < -0.39 is 0 Å². The van der Waals surface area contributed by atoms with E-state index >= 15 is 0 Å². The maximum atomic E-state index is 2.49. The van der Waals surface area contributed by atoms with Crippen molar-refractivity contribution >= 4 is 65.2 Å². The van der Waals surface area contributed by atoms with Gasteiger partial charge < -0.3 is 9.13 Å². The molecule has 0 radical (unpaired) electrons. The fraction of sp³-hybridized carbons (Fsp3) is 0. The lowest BCUT2D eigenvalue weighted by Crippen LogP contribution is -1.96. The monoisotopic (exact) mass is 584 g/mol. The van der Waals surface area contributed by atoms with Crippen molar-refractivity contribution in [3.05, 3.63) is 170 Å². The highest BCUT2D eigenvalue weighted by Crippen LogP contribution is 2.47. The summed E-state index contributed by atoms with van der Waals surface area (Å²) < 4.78 is 4.95. The number of rotatable bonds is 3. The standard InChI is InChI=1S/C44H28N2/c1-3-13-29(14-4-1)30-23-24-32-28-34(26-25-31(32)27-30)46-40-22-12-10-20-38(40)42-41-37-19-9-11-21-39(37)45(33-15-5-2-6-16-33)43(41)35-17-7-8-18-36(35)44(42)46/h1-28H. The van der Waals surface area contributed by atoms with E-state index in [0.717, 1.165) is 0 Å². The van der Waals surface area contributed by atoms with E-state index in [1.165, 1.54) is 87.7 Å². The second kappa shape index (κ2) is 9.69. The van der Waals surface area contributed by atoms with Crippen molar-refractivity contribution < 1.29 is 0 Å². The number of para-hydroxylation sites is 3. The molecule has 0 aliphatic rings. The SMILES string of the molecule is c1ccc(-c2ccc3cc(-n4c5ccccc5c5c6c7ccccc7n(-c7ccccc7)c6c6ccccc6c54)ccc3c2)cc1. The van der Waals surface area contributed by atoms with Gasteiger partial charge in [0.25, 0.3) is 0 Å². The molecule has 0 aliphatic heterocycles. The minimum atomic E-state index is 1.17. The Morgan fingerprint density at radius 2 is 0.783 bits per heavy atom. The second-order valence-corrected chi connectivity index (χ2v) is 12.1. The van der Waals surface area contributed by atoms with Gasteiger partial charge in [-0.15, -0.1) is 0 Å². The summed E-state index contributed by atoms with van der Waals surface area (Å²) in [5, 5.41) is 10.1. The summed E-state index contributed by atoms with van der Waals surface area (Å²) in [6.07, 6.45) is 0. The Bertz CT molecular complexity index is 2780. The van der Waals surface area contributed by atoms with Crippen LogP contribution in [-0.2, 0) is 0 Å². The van der Waals surface area contributed by atoms with Crippen LogP contribution >= 0.6 is 0 Å². The van der Waals surface area contributed by atoms with E-state index in [9.17, 15) is 0 Å². The first-order chi connectivity index (χ1) is 22.8. The molecule has 0 bridgehead atoms. The lowest BCUT2D eigenvalue weighted by atomic mass is 9.99. The molecule has 0 spiro atoms. The van der Waals surface area contributed by atoms with Gasteiger partial charge in [-0.1, -0.05) is 127 Å². The minimum Gasteiger partial charge on any atom is -0.309 e. The summed E-state index contributed by atoms with van der Waals surface area (Å²) >= 11 is 0. The highest BCUT2D eigenvalue weighted by atomic mass is 15.0. The van der Waals surface area contributed by atoms with Crippen LogP contribution in [0.15, 0.2) is 170 Å². The van der Waals surface area contributed by atoms with Gasteiger partial charge in [0, 0.05) is 43.7 Å². The highest BCUT2D eigenvalue weighted by Gasteiger charge is 2.24. The topological polar surface area (TPSA) is 9.86 Å². The molecule has 10 aromatic rings. The smallest absolute Gasteiger partial charge is 0.0627 e. The van der Waals surface area contributed by atoms with Crippen molar-refractivity contribution in [2.45, 2.75) is 0 Å². The summed E-state index contributed by atoms with van der Waals surface area (Å²) in [5.74, 6) is 0. The Kier molecular flexibility index (Phi) is 5.31. The fourth-order valence-electron chi connectivity index (χ4n) is 7.69. The lowest BCUT2D eigenvalue weighted by Gasteiger charge is -2.14. The number of benzene rings is 8. The molecule has 2 aromatic heterocycles. The Morgan fingerprint density at radius 3 is 1.41 bits per heavy atom. The Hall–Kier alpha value is -6.12. The average Bonchev–Trinajstić information content (AvgIpc) is 3.66. The molecule has 2 heterocycles. The normalized spacial score (nSPS) is 11.9. The molecule has 0 atom stereocenters. The average molecular weight is 585 g/mol. The fourth-order valence-corrected chi connectivity index (χ4v) is 7.69. The van der Waals surface area contributed by atoms with Crippen molar-refractivity contribution in [2.24, 2.45) is 0 Å². The van der Waals surface area contributed by atoms with Gasteiger partial charge in [0.1, 0.15) is 0 Å². The van der Waals surface area contributed by atoms with E-state index in [4.69, 9.17) is 0 Å². The molecule has 0 unspecified atom stereocenters. The number of hydrogen-bond acceptors (Lipinski definition) is 0. The first-order valence-electron chi connectivity index (χ1n) is 15.9. The molecule has 2 nitrogen and oxygen atoms in total. The van der Waals surface area contributed by atoms with Crippen LogP contribution in [0, 0.1) is 0 Å². The molecule has 0 aliphatic carbocycles. The molecule has 2 heteroatoms. The summed E-state index contributed by atoms with van der Waals surface area (Å²) in [4.78, 5) is 0. The third-order valence-corrected chi connectivity index (χ3v) is 9.64. The van der Waals surface area contributed by atoms with E-state index in [0.29, 0.717) is 0 Å². The van der Waals surface area contributed by atoms with Gasteiger partial charge in [-0.25, -0.2) is 0 Å². The van der Waals surface area contributed by atoms with E-state index in [1.807, 2.05) is 0 Å². The summed E-state index contributed by atoms with van der Waals surface area (Å²) in [6, 6.07) is 61.8. The number of fused-ring (bicyclic) bond motifs is 11. The van der Waals surface area contributed by atoms with Crippen molar-refractivity contribution in [1.82, 2.24) is 9.13 Å². The van der Waals surface area contributed by atoms with Crippen molar-refractivity contribution in [2.75, 3.05) is 0 Å². The Morgan fingerprint density at radius 1 is 0.304 bits per heavy atom. The zero-order valence-electron chi connectivity index (χ0n) is 25.1. The van der Waals surface area contributed by atoms with Crippen LogP contribution in [0.3, 0.4) is 0 Å². The molecule has 46 heavy (non-hydrogen) atoms. The predicted molar refractivity (Wildman–Crippen MR) is 196 cm³/mol. The van der Waals surface area contributed by atoms with Gasteiger partial charge in [0.15, 0.2) is 0 Å². The van der Waals surface area contributed by atoms with Crippen LogP contribution in [0.4, 0.5) is 0 Å². The van der Waals surface area contributed by atoms with Gasteiger partial charge in [-0.2, -0.15) is 0 Å². The van der Waals surface area contributed by atoms with Crippen LogP contribution in [0.1, 0.15) is 0 Å². The van der Waals surface area contributed by atoms with Crippen molar-refractivity contribution in [3.63, 3.8) is 0 Å². The maximum Gasteiger partial charge on any atom is 0.0627 e. The van der Waals surface area contributed by atoms with Crippen molar-refractivity contribution in [1.29, 1.82) is 0 Å². The van der Waals surface area contributed by atoms with Crippen molar-refractivity contribution in [3.8, 4) is 22.5 Å². The molecule has 8 aromatic carbocycles. The minimum absolute atomic E-state index is 1.17. The maximum absolute atomic E-state index is 2.49. The van der Waals surface area contributed by atoms with E-state index in [-0.39, 0.29) is 0 Å². The predicted octanol–water partition coefficient (Wildman–Crippen LogP) is 11.9. The molecule has 0 fully saturated rings. The van der Waals surface area contributed by atoms with Gasteiger partial charge in [-0.05, 0) is 64.4 Å². The van der Waals surface area contributed by atoms with Crippen LogP contribution in [-0.4, -0.2) is 9.13 Å². The highest BCUT2D eigenvalue weighted by molar-refractivity contribution is 6.37. The quantitative estimate of drug-likeness (QED) is 0.195. The van der Waals surface area contributed by atoms with Crippen LogP contribution in [0.2, 0.25) is 0 Å². The molecular weight excluding hydrogens is 556 g/mol. The molecule has 0 amide bonds. The number of nitrogens with zero attached hydrogens (tertiary/aromatic N) is 2. The first-order valence-corrected chi connectivity index (χ1v) is 15.9. The summed E-state index contributed by atoms with van der Waals surface area (Å²) in [7, 11) is 0. The van der Waals surface area contributed by atoms with Gasteiger partial charge in [0.05, 0.1) is 22.1 Å². The Balaban J connectivity index is 1.36. The van der Waals surface area contributed by atoms with Gasteiger partial charge >= 0.3 is 0 Å². The molecule has 0 saturated heterocycles. The first kappa shape index (κ1) is 25.2. The molecule has 0 saturated carbocycles. The van der Waals surface area contributed by atoms with Gasteiger partial charge in [0.2, 0.25) is 0 Å². The molecular formula is C44H28N2.